The Bertz CT molecular complexity index is 962. The number of carbonyl (C=O) groups excluding carboxylic acids is 2. The lowest BCUT2D eigenvalue weighted by atomic mass is 10.1. The molecule has 1 aliphatic heterocycles. The smallest absolute Gasteiger partial charge is 0.340 e. The standard InChI is InChI=1S/C24H30N2O7/c1-5-10-33-24(28)18-15-17(6-7-19(18)26-8-11-32-12-9-26)25-23(27)16-13-20(29-2)22(31-4)21(14-16)30-3/h6-7,13-15H,5,8-12H2,1-4H3,(H,25,27). The quantitative estimate of drug-likeness (QED) is 0.572. The van der Waals surface area contributed by atoms with Gasteiger partial charge in [0.05, 0.1) is 52.4 Å². The van der Waals surface area contributed by atoms with Gasteiger partial charge in [0, 0.05) is 24.3 Å². The van der Waals surface area contributed by atoms with Gasteiger partial charge in [0.25, 0.3) is 5.91 Å². The van der Waals surface area contributed by atoms with E-state index in [1.165, 1.54) is 21.3 Å². The fraction of sp³-hybridized carbons (Fsp3) is 0.417. The van der Waals surface area contributed by atoms with E-state index < -0.39 is 5.97 Å². The van der Waals surface area contributed by atoms with Crippen molar-refractivity contribution in [2.75, 3.05) is 64.5 Å². The van der Waals surface area contributed by atoms with Crippen molar-refractivity contribution < 1.29 is 33.3 Å². The van der Waals surface area contributed by atoms with Crippen molar-refractivity contribution in [1.82, 2.24) is 0 Å². The molecule has 2 aromatic rings. The minimum Gasteiger partial charge on any atom is -0.493 e. The second kappa shape index (κ2) is 11.4. The van der Waals surface area contributed by atoms with Crippen LogP contribution in [0.4, 0.5) is 11.4 Å². The average Bonchev–Trinajstić information content (AvgIpc) is 2.86. The van der Waals surface area contributed by atoms with Gasteiger partial charge >= 0.3 is 5.97 Å². The number of ether oxygens (including phenoxy) is 5. The largest absolute Gasteiger partial charge is 0.493 e. The van der Waals surface area contributed by atoms with E-state index in [4.69, 9.17) is 23.7 Å². The molecule has 1 amide bonds. The number of nitrogens with zero attached hydrogens (tertiary/aromatic N) is 1. The lowest BCUT2D eigenvalue weighted by Gasteiger charge is -2.30. The molecule has 33 heavy (non-hydrogen) atoms. The SMILES string of the molecule is CCCOC(=O)c1cc(NC(=O)c2cc(OC)c(OC)c(OC)c2)ccc1N1CCOCC1. The van der Waals surface area contributed by atoms with Crippen LogP contribution in [0.5, 0.6) is 17.2 Å². The second-order valence-corrected chi connectivity index (χ2v) is 7.34. The van der Waals surface area contributed by atoms with Crippen LogP contribution in [0.15, 0.2) is 30.3 Å². The predicted octanol–water partition coefficient (Wildman–Crippen LogP) is 3.37. The normalized spacial score (nSPS) is 13.3. The highest BCUT2D eigenvalue weighted by Gasteiger charge is 2.22. The van der Waals surface area contributed by atoms with Crippen LogP contribution in [-0.4, -0.2) is 66.1 Å². The van der Waals surface area contributed by atoms with Crippen LogP contribution in [0.1, 0.15) is 34.1 Å². The Balaban J connectivity index is 1.90. The number of amides is 1. The van der Waals surface area contributed by atoms with Gasteiger partial charge in [0.2, 0.25) is 5.75 Å². The Morgan fingerprint density at radius 3 is 2.24 bits per heavy atom. The minimum atomic E-state index is -0.428. The molecule has 1 N–H and O–H groups in total. The van der Waals surface area contributed by atoms with E-state index in [9.17, 15) is 9.59 Å². The number of esters is 1. The average molecular weight is 459 g/mol. The topological polar surface area (TPSA) is 95.6 Å². The van der Waals surface area contributed by atoms with Crippen molar-refractivity contribution in [2.45, 2.75) is 13.3 Å². The maximum Gasteiger partial charge on any atom is 0.340 e. The van der Waals surface area contributed by atoms with Gasteiger partial charge in [-0.1, -0.05) is 6.92 Å². The van der Waals surface area contributed by atoms with Crippen LogP contribution >= 0.6 is 0 Å². The van der Waals surface area contributed by atoms with E-state index in [1.807, 2.05) is 13.0 Å². The van der Waals surface area contributed by atoms with Crippen molar-refractivity contribution in [2.24, 2.45) is 0 Å². The summed E-state index contributed by atoms with van der Waals surface area (Å²) >= 11 is 0. The van der Waals surface area contributed by atoms with Gasteiger partial charge < -0.3 is 33.9 Å². The molecular formula is C24H30N2O7. The number of morpholine rings is 1. The molecule has 9 nitrogen and oxygen atoms in total. The first kappa shape index (κ1) is 24.2. The molecule has 0 aliphatic carbocycles. The van der Waals surface area contributed by atoms with Crippen LogP contribution in [-0.2, 0) is 9.47 Å². The van der Waals surface area contributed by atoms with Gasteiger partial charge in [-0.15, -0.1) is 0 Å². The van der Waals surface area contributed by atoms with Crippen molar-refractivity contribution in [1.29, 1.82) is 0 Å². The predicted molar refractivity (Wildman–Crippen MR) is 124 cm³/mol. The highest BCUT2D eigenvalue weighted by atomic mass is 16.5. The fourth-order valence-electron chi connectivity index (χ4n) is 3.55. The Kier molecular flexibility index (Phi) is 8.37. The number of nitrogens with one attached hydrogen (secondary N) is 1. The third-order valence-corrected chi connectivity index (χ3v) is 5.19. The van der Waals surface area contributed by atoms with Crippen LogP contribution in [0.25, 0.3) is 0 Å². The van der Waals surface area contributed by atoms with E-state index in [-0.39, 0.29) is 5.91 Å². The first-order chi connectivity index (χ1) is 16.0. The summed E-state index contributed by atoms with van der Waals surface area (Å²) in [7, 11) is 4.46. The Hall–Kier alpha value is -3.46. The number of carbonyl (C=O) groups is 2. The molecular weight excluding hydrogens is 428 g/mol. The molecule has 3 rings (SSSR count). The zero-order valence-corrected chi connectivity index (χ0v) is 19.4. The number of methoxy groups -OCH3 is 3. The monoisotopic (exact) mass is 458 g/mol. The number of hydrogen-bond acceptors (Lipinski definition) is 8. The molecule has 0 aromatic heterocycles. The van der Waals surface area contributed by atoms with Crippen LogP contribution in [0, 0.1) is 0 Å². The molecule has 1 aliphatic rings. The Morgan fingerprint density at radius 1 is 1.00 bits per heavy atom. The zero-order chi connectivity index (χ0) is 23.8. The molecule has 2 aromatic carbocycles. The van der Waals surface area contributed by atoms with Crippen molar-refractivity contribution in [3.05, 3.63) is 41.5 Å². The van der Waals surface area contributed by atoms with Crippen LogP contribution in [0.3, 0.4) is 0 Å². The van der Waals surface area contributed by atoms with Crippen molar-refractivity contribution in [3.8, 4) is 17.2 Å². The molecule has 0 bridgehead atoms. The third kappa shape index (κ3) is 5.67. The first-order valence-electron chi connectivity index (χ1n) is 10.8. The summed E-state index contributed by atoms with van der Waals surface area (Å²) in [6.45, 7) is 4.77. The van der Waals surface area contributed by atoms with E-state index in [0.717, 1.165) is 12.1 Å². The van der Waals surface area contributed by atoms with Gasteiger partial charge in [-0.3, -0.25) is 4.79 Å². The van der Waals surface area contributed by atoms with Crippen molar-refractivity contribution in [3.63, 3.8) is 0 Å². The molecule has 0 unspecified atom stereocenters. The molecule has 1 saturated heterocycles. The maximum atomic E-state index is 13.0. The minimum absolute atomic E-state index is 0.317. The Morgan fingerprint density at radius 2 is 1.67 bits per heavy atom. The van der Waals surface area contributed by atoms with Gasteiger partial charge in [-0.25, -0.2) is 4.79 Å². The summed E-state index contributed by atoms with van der Waals surface area (Å²) in [5, 5.41) is 2.84. The van der Waals surface area contributed by atoms with Crippen molar-refractivity contribution >= 4 is 23.3 Å². The van der Waals surface area contributed by atoms with E-state index in [2.05, 4.69) is 10.2 Å². The molecule has 9 heteroatoms. The van der Waals surface area contributed by atoms with Gasteiger partial charge in [-0.2, -0.15) is 0 Å². The number of hydrogen-bond donors (Lipinski definition) is 1. The van der Waals surface area contributed by atoms with Gasteiger partial charge in [0.1, 0.15) is 0 Å². The summed E-state index contributed by atoms with van der Waals surface area (Å²) in [5.41, 5.74) is 1.93. The Labute approximate surface area is 193 Å². The molecule has 0 spiro atoms. The lowest BCUT2D eigenvalue weighted by molar-refractivity contribution is 0.0504. The molecule has 1 heterocycles. The van der Waals surface area contributed by atoms with E-state index >= 15 is 0 Å². The second-order valence-electron chi connectivity index (χ2n) is 7.34. The zero-order valence-electron chi connectivity index (χ0n) is 19.4. The summed E-state index contributed by atoms with van der Waals surface area (Å²) < 4.78 is 26.8. The molecule has 0 radical (unpaired) electrons. The molecule has 0 atom stereocenters. The lowest BCUT2D eigenvalue weighted by Crippen LogP contribution is -2.37. The fourth-order valence-corrected chi connectivity index (χ4v) is 3.55. The summed E-state index contributed by atoms with van der Waals surface area (Å²) in [4.78, 5) is 27.8. The van der Waals surface area contributed by atoms with Gasteiger partial charge in [0.15, 0.2) is 11.5 Å². The summed E-state index contributed by atoms with van der Waals surface area (Å²) in [6.07, 6.45) is 0.718. The maximum absolute atomic E-state index is 13.0. The number of rotatable bonds is 9. The summed E-state index contributed by atoms with van der Waals surface area (Å²) in [5.74, 6) is 0.317. The highest BCUT2D eigenvalue weighted by Crippen LogP contribution is 2.38. The molecule has 0 saturated carbocycles. The van der Waals surface area contributed by atoms with E-state index in [0.29, 0.717) is 67.0 Å². The highest BCUT2D eigenvalue weighted by molar-refractivity contribution is 6.06. The third-order valence-electron chi connectivity index (χ3n) is 5.19. The summed E-state index contributed by atoms with van der Waals surface area (Å²) in [6, 6.07) is 8.35. The van der Waals surface area contributed by atoms with Gasteiger partial charge in [-0.05, 0) is 36.8 Å². The number of anilines is 2. The van der Waals surface area contributed by atoms with E-state index in [1.54, 1.807) is 24.3 Å². The first-order valence-corrected chi connectivity index (χ1v) is 10.8. The molecule has 1 fully saturated rings. The molecule has 178 valence electrons. The van der Waals surface area contributed by atoms with Crippen LogP contribution < -0.4 is 24.4 Å². The van der Waals surface area contributed by atoms with Crippen LogP contribution in [0.2, 0.25) is 0 Å². The number of benzene rings is 2.